The van der Waals surface area contributed by atoms with Gasteiger partial charge in [-0.05, 0) is 46.1 Å². The van der Waals surface area contributed by atoms with Crippen molar-refractivity contribution in [3.63, 3.8) is 0 Å². The van der Waals surface area contributed by atoms with Crippen molar-refractivity contribution in [3.8, 4) is 11.4 Å². The average molecular weight is 440 g/mol. The van der Waals surface area contributed by atoms with E-state index in [2.05, 4.69) is 21.3 Å². The lowest BCUT2D eigenvalue weighted by molar-refractivity contribution is 0.0198. The Hall–Kier alpha value is -2.94. The van der Waals surface area contributed by atoms with Gasteiger partial charge in [-0.2, -0.15) is 10.1 Å². The van der Waals surface area contributed by atoms with Gasteiger partial charge in [-0.25, -0.2) is 4.79 Å². The third kappa shape index (κ3) is 4.21. The summed E-state index contributed by atoms with van der Waals surface area (Å²) in [5.41, 5.74) is 1.46. The van der Waals surface area contributed by atoms with Crippen LogP contribution in [0.1, 0.15) is 57.9 Å². The van der Waals surface area contributed by atoms with E-state index in [0.29, 0.717) is 31.4 Å². The SMILES string of the molecule is CC(C)(C)OC(=O)N1CCC(c2nc(-c3ccc4cnn([C@@H]5CCOC5)c4c3)no2)CC1. The summed E-state index contributed by atoms with van der Waals surface area (Å²) in [6.45, 7) is 8.33. The van der Waals surface area contributed by atoms with E-state index in [-0.39, 0.29) is 18.1 Å². The van der Waals surface area contributed by atoms with Crippen molar-refractivity contribution in [2.75, 3.05) is 26.3 Å². The highest BCUT2D eigenvalue weighted by molar-refractivity contribution is 5.83. The quantitative estimate of drug-likeness (QED) is 0.604. The fraction of sp³-hybridized carbons (Fsp3) is 0.565. The molecule has 4 heterocycles. The number of amides is 1. The summed E-state index contributed by atoms with van der Waals surface area (Å²) in [5, 5.41) is 9.88. The van der Waals surface area contributed by atoms with Crippen LogP contribution >= 0.6 is 0 Å². The fourth-order valence-corrected chi connectivity index (χ4v) is 4.34. The molecule has 3 aromatic rings. The van der Waals surface area contributed by atoms with Gasteiger partial charge in [-0.1, -0.05) is 17.3 Å². The van der Waals surface area contributed by atoms with Crippen LogP contribution in [-0.4, -0.2) is 62.8 Å². The lowest BCUT2D eigenvalue weighted by Gasteiger charge is -2.32. The van der Waals surface area contributed by atoms with Crippen molar-refractivity contribution in [1.82, 2.24) is 24.8 Å². The number of hydrogen-bond acceptors (Lipinski definition) is 7. The Morgan fingerprint density at radius 3 is 2.72 bits per heavy atom. The highest BCUT2D eigenvalue weighted by Gasteiger charge is 2.30. The molecule has 0 N–H and O–H groups in total. The first-order chi connectivity index (χ1) is 15.4. The topological polar surface area (TPSA) is 95.5 Å². The monoisotopic (exact) mass is 439 g/mol. The van der Waals surface area contributed by atoms with E-state index in [1.54, 1.807) is 4.90 Å². The number of ether oxygens (including phenoxy) is 2. The lowest BCUT2D eigenvalue weighted by Crippen LogP contribution is -2.41. The number of likely N-dealkylation sites (tertiary alicyclic amines) is 1. The summed E-state index contributed by atoms with van der Waals surface area (Å²) in [6, 6.07) is 6.37. The second-order valence-electron chi connectivity index (χ2n) is 9.58. The molecule has 0 unspecified atom stereocenters. The first kappa shape index (κ1) is 20.9. The number of fused-ring (bicyclic) bond motifs is 1. The van der Waals surface area contributed by atoms with Crippen LogP contribution in [0, 0.1) is 0 Å². The first-order valence-electron chi connectivity index (χ1n) is 11.2. The van der Waals surface area contributed by atoms with Crippen molar-refractivity contribution < 1.29 is 18.8 Å². The summed E-state index contributed by atoms with van der Waals surface area (Å²) >= 11 is 0. The normalized spacial score (nSPS) is 20.2. The van der Waals surface area contributed by atoms with Crippen molar-refractivity contribution in [2.24, 2.45) is 0 Å². The van der Waals surface area contributed by atoms with Crippen molar-refractivity contribution >= 4 is 17.0 Å². The first-order valence-corrected chi connectivity index (χ1v) is 11.2. The molecule has 1 amide bonds. The number of benzene rings is 1. The van der Waals surface area contributed by atoms with E-state index in [1.165, 1.54) is 0 Å². The number of nitrogens with zero attached hydrogens (tertiary/aromatic N) is 5. The molecule has 2 aromatic heterocycles. The molecule has 9 heteroatoms. The largest absolute Gasteiger partial charge is 0.444 e. The highest BCUT2D eigenvalue weighted by Crippen LogP contribution is 2.31. The van der Waals surface area contributed by atoms with Gasteiger partial charge in [-0.15, -0.1) is 0 Å². The highest BCUT2D eigenvalue weighted by atomic mass is 16.6. The minimum atomic E-state index is -0.489. The van der Waals surface area contributed by atoms with Crippen LogP contribution in [0.25, 0.3) is 22.3 Å². The van der Waals surface area contributed by atoms with Gasteiger partial charge >= 0.3 is 6.09 Å². The maximum absolute atomic E-state index is 12.3. The summed E-state index contributed by atoms with van der Waals surface area (Å²) in [7, 11) is 0. The molecule has 32 heavy (non-hydrogen) atoms. The molecule has 0 aliphatic carbocycles. The molecule has 2 fully saturated rings. The Balaban J connectivity index is 1.29. The molecule has 0 spiro atoms. The zero-order valence-corrected chi connectivity index (χ0v) is 18.8. The molecule has 2 saturated heterocycles. The van der Waals surface area contributed by atoms with Gasteiger partial charge in [0, 0.05) is 36.6 Å². The number of rotatable bonds is 3. The molecule has 0 bridgehead atoms. The standard InChI is InChI=1S/C23H29N5O4/c1-23(2,3)31-22(29)27-9-6-15(7-10-27)21-25-20(26-32-21)16-4-5-17-13-24-28(19(17)12-16)18-8-11-30-14-18/h4-5,12-13,15,18H,6-11,14H2,1-3H3/t18-/m1/s1. The molecular formula is C23H29N5O4. The van der Waals surface area contributed by atoms with Crippen molar-refractivity contribution in [2.45, 2.75) is 57.6 Å². The smallest absolute Gasteiger partial charge is 0.410 e. The molecule has 2 aliphatic rings. The Labute approximate surface area is 186 Å². The number of aromatic nitrogens is 4. The number of carbonyl (C=O) groups excluding carboxylic acids is 1. The zero-order valence-electron chi connectivity index (χ0n) is 18.8. The summed E-state index contributed by atoms with van der Waals surface area (Å²) in [6.07, 6.45) is 4.13. The van der Waals surface area contributed by atoms with Gasteiger partial charge in [0.25, 0.3) is 0 Å². The predicted octanol–water partition coefficient (Wildman–Crippen LogP) is 4.16. The molecule has 0 saturated carbocycles. The maximum Gasteiger partial charge on any atom is 0.410 e. The second kappa shape index (κ2) is 8.20. The Morgan fingerprint density at radius 1 is 1.19 bits per heavy atom. The molecule has 9 nitrogen and oxygen atoms in total. The number of hydrogen-bond donors (Lipinski definition) is 0. The van der Waals surface area contributed by atoms with E-state index in [1.807, 2.05) is 43.8 Å². The average Bonchev–Trinajstić information content (AvgIpc) is 3.52. The zero-order chi connectivity index (χ0) is 22.3. The second-order valence-corrected chi connectivity index (χ2v) is 9.58. The van der Waals surface area contributed by atoms with Crippen LogP contribution in [0.5, 0.6) is 0 Å². The molecule has 1 atom stereocenters. The fourth-order valence-electron chi connectivity index (χ4n) is 4.34. The van der Waals surface area contributed by atoms with Crippen LogP contribution < -0.4 is 0 Å². The van der Waals surface area contributed by atoms with E-state index in [0.717, 1.165) is 42.3 Å². The number of carbonyl (C=O) groups is 1. The Morgan fingerprint density at radius 2 is 2.00 bits per heavy atom. The van der Waals surface area contributed by atoms with Crippen LogP contribution in [-0.2, 0) is 9.47 Å². The van der Waals surface area contributed by atoms with E-state index in [9.17, 15) is 4.79 Å². The third-order valence-corrected chi connectivity index (χ3v) is 6.05. The van der Waals surface area contributed by atoms with Gasteiger partial charge in [0.05, 0.1) is 24.4 Å². The molecule has 0 radical (unpaired) electrons. The molecule has 170 valence electrons. The van der Waals surface area contributed by atoms with Crippen LogP contribution in [0.2, 0.25) is 0 Å². The van der Waals surface area contributed by atoms with Gasteiger partial charge in [0.2, 0.25) is 11.7 Å². The molecular weight excluding hydrogens is 410 g/mol. The third-order valence-electron chi connectivity index (χ3n) is 6.05. The maximum atomic E-state index is 12.3. The van der Waals surface area contributed by atoms with E-state index < -0.39 is 5.60 Å². The van der Waals surface area contributed by atoms with Crippen LogP contribution in [0.4, 0.5) is 4.79 Å². The van der Waals surface area contributed by atoms with Crippen molar-refractivity contribution in [1.29, 1.82) is 0 Å². The molecule has 5 rings (SSSR count). The number of piperidine rings is 1. The Kier molecular flexibility index (Phi) is 5.36. The lowest BCUT2D eigenvalue weighted by atomic mass is 9.97. The summed E-state index contributed by atoms with van der Waals surface area (Å²) < 4.78 is 18.7. The minimum Gasteiger partial charge on any atom is -0.444 e. The van der Waals surface area contributed by atoms with E-state index in [4.69, 9.17) is 14.0 Å². The van der Waals surface area contributed by atoms with Gasteiger partial charge in [0.15, 0.2) is 0 Å². The molecule has 1 aromatic carbocycles. The summed E-state index contributed by atoms with van der Waals surface area (Å²) in [4.78, 5) is 18.7. The van der Waals surface area contributed by atoms with Gasteiger partial charge in [0.1, 0.15) is 5.60 Å². The summed E-state index contributed by atoms with van der Waals surface area (Å²) in [5.74, 6) is 1.34. The van der Waals surface area contributed by atoms with Crippen LogP contribution in [0.3, 0.4) is 0 Å². The molecule has 2 aliphatic heterocycles. The van der Waals surface area contributed by atoms with Gasteiger partial charge in [-0.3, -0.25) is 4.68 Å². The minimum absolute atomic E-state index is 0.139. The van der Waals surface area contributed by atoms with Crippen molar-refractivity contribution in [3.05, 3.63) is 30.3 Å². The van der Waals surface area contributed by atoms with Gasteiger partial charge < -0.3 is 18.9 Å². The van der Waals surface area contributed by atoms with E-state index >= 15 is 0 Å². The Bertz CT molecular complexity index is 1100. The van der Waals surface area contributed by atoms with Crippen LogP contribution in [0.15, 0.2) is 28.9 Å². The predicted molar refractivity (Wildman–Crippen MR) is 117 cm³/mol.